The third-order valence-electron chi connectivity index (χ3n) is 6.14. The van der Waals surface area contributed by atoms with Crippen LogP contribution in [0.1, 0.15) is 86.0 Å². The summed E-state index contributed by atoms with van der Waals surface area (Å²) < 4.78 is 0. The second-order valence-electron chi connectivity index (χ2n) is 10.2. The van der Waals surface area contributed by atoms with Crippen LogP contribution in [0.15, 0.2) is 0 Å². The molecule has 2 rings (SSSR count). The lowest BCUT2D eigenvalue weighted by molar-refractivity contribution is -0.136. The lowest BCUT2D eigenvalue weighted by Crippen LogP contribution is -2.61. The molecule has 176 valence electrons. The van der Waals surface area contributed by atoms with E-state index in [-0.39, 0.29) is 54.5 Å². The zero-order valence-corrected chi connectivity index (χ0v) is 19.7. The molecule has 4 amide bonds. The van der Waals surface area contributed by atoms with Crippen molar-refractivity contribution in [2.75, 3.05) is 0 Å². The van der Waals surface area contributed by atoms with Crippen LogP contribution in [0, 0.1) is 11.8 Å². The zero-order valence-electron chi connectivity index (χ0n) is 19.7. The standard InChI is InChI=1S/C23H40N4O4/c1-14(2)11-17-13-19(29)27-23(4,5)22(31)26-20(16-9-7-6-8-10-16)21(30)24-15(3)12-18(28)25-17/h14-17,20H,6-13H2,1-5H3,(H,24,30)(H,25,28)(H,26,31)(H,27,29)/t15-,17-,20+/m0/s1. The van der Waals surface area contributed by atoms with Gasteiger partial charge in [0.25, 0.3) is 0 Å². The summed E-state index contributed by atoms with van der Waals surface area (Å²) in [5, 5.41) is 11.6. The Balaban J connectivity index is 2.26. The molecule has 1 aliphatic carbocycles. The summed E-state index contributed by atoms with van der Waals surface area (Å²) in [7, 11) is 0. The van der Waals surface area contributed by atoms with Crippen molar-refractivity contribution in [1.82, 2.24) is 21.3 Å². The van der Waals surface area contributed by atoms with E-state index in [1.807, 2.05) is 13.8 Å². The topological polar surface area (TPSA) is 116 Å². The molecule has 31 heavy (non-hydrogen) atoms. The average Bonchev–Trinajstić information content (AvgIpc) is 2.64. The maximum Gasteiger partial charge on any atom is 0.245 e. The highest BCUT2D eigenvalue weighted by Gasteiger charge is 2.37. The third-order valence-corrected chi connectivity index (χ3v) is 6.14. The molecule has 0 spiro atoms. The summed E-state index contributed by atoms with van der Waals surface area (Å²) in [4.78, 5) is 51.4. The predicted octanol–water partition coefficient (Wildman–Crippen LogP) is 1.78. The first-order valence-corrected chi connectivity index (χ1v) is 11.7. The minimum absolute atomic E-state index is 0.0496. The molecule has 1 saturated heterocycles. The van der Waals surface area contributed by atoms with Crippen molar-refractivity contribution in [3.05, 3.63) is 0 Å². The van der Waals surface area contributed by atoms with Crippen LogP contribution in [-0.2, 0) is 19.2 Å². The molecule has 2 fully saturated rings. The summed E-state index contributed by atoms with van der Waals surface area (Å²) in [5.41, 5.74) is -1.17. The van der Waals surface area contributed by atoms with Gasteiger partial charge in [-0.2, -0.15) is 0 Å². The number of carbonyl (C=O) groups is 4. The van der Waals surface area contributed by atoms with E-state index in [0.29, 0.717) is 12.3 Å². The summed E-state index contributed by atoms with van der Waals surface area (Å²) in [5.74, 6) is -0.787. The van der Waals surface area contributed by atoms with Crippen LogP contribution in [-0.4, -0.2) is 47.3 Å². The minimum atomic E-state index is -1.17. The maximum absolute atomic E-state index is 13.1. The normalized spacial score (nSPS) is 29.4. The Morgan fingerprint density at radius 3 is 2.16 bits per heavy atom. The molecule has 4 N–H and O–H groups in total. The highest BCUT2D eigenvalue weighted by Crippen LogP contribution is 2.27. The van der Waals surface area contributed by atoms with E-state index in [9.17, 15) is 19.2 Å². The van der Waals surface area contributed by atoms with Gasteiger partial charge in [0, 0.05) is 24.9 Å². The molecule has 0 bridgehead atoms. The molecule has 1 saturated carbocycles. The molecule has 1 heterocycles. The molecular formula is C23H40N4O4. The average molecular weight is 437 g/mol. The lowest BCUT2D eigenvalue weighted by atomic mass is 9.83. The van der Waals surface area contributed by atoms with Gasteiger partial charge >= 0.3 is 0 Å². The van der Waals surface area contributed by atoms with Crippen LogP contribution in [0.5, 0.6) is 0 Å². The summed E-state index contributed by atoms with van der Waals surface area (Å²) in [6.45, 7) is 9.13. The van der Waals surface area contributed by atoms with Crippen LogP contribution in [0.4, 0.5) is 0 Å². The van der Waals surface area contributed by atoms with Gasteiger partial charge in [-0.15, -0.1) is 0 Å². The fourth-order valence-electron chi connectivity index (χ4n) is 4.58. The monoisotopic (exact) mass is 436 g/mol. The van der Waals surface area contributed by atoms with Gasteiger partial charge < -0.3 is 21.3 Å². The fourth-order valence-corrected chi connectivity index (χ4v) is 4.58. The van der Waals surface area contributed by atoms with Gasteiger partial charge in [0.1, 0.15) is 11.6 Å². The van der Waals surface area contributed by atoms with Crippen LogP contribution >= 0.6 is 0 Å². The maximum atomic E-state index is 13.1. The van der Waals surface area contributed by atoms with Gasteiger partial charge in [-0.05, 0) is 51.9 Å². The number of rotatable bonds is 3. The summed E-state index contributed by atoms with van der Waals surface area (Å²) in [6, 6.07) is -1.38. The quantitative estimate of drug-likeness (QED) is 0.539. The highest BCUT2D eigenvalue weighted by atomic mass is 16.2. The molecule has 3 atom stereocenters. The van der Waals surface area contributed by atoms with Gasteiger partial charge in [-0.3, -0.25) is 19.2 Å². The first kappa shape index (κ1) is 25.1. The molecule has 8 nitrogen and oxygen atoms in total. The first-order valence-electron chi connectivity index (χ1n) is 11.7. The van der Waals surface area contributed by atoms with Gasteiger partial charge in [0.05, 0.1) is 0 Å². The number of hydrogen-bond acceptors (Lipinski definition) is 4. The highest BCUT2D eigenvalue weighted by molar-refractivity contribution is 5.95. The van der Waals surface area contributed by atoms with Crippen LogP contribution in [0.3, 0.4) is 0 Å². The SMILES string of the molecule is CC(C)C[C@H]1CC(=O)NC(C)(C)C(=O)N[C@H](C2CCCCC2)C(=O)N[C@@H](C)CC(=O)N1. The molecule has 0 aromatic heterocycles. The Morgan fingerprint density at radius 1 is 0.903 bits per heavy atom. The minimum Gasteiger partial charge on any atom is -0.353 e. The van der Waals surface area contributed by atoms with E-state index < -0.39 is 11.6 Å². The van der Waals surface area contributed by atoms with Gasteiger partial charge in [0.2, 0.25) is 23.6 Å². The molecular weight excluding hydrogens is 396 g/mol. The van der Waals surface area contributed by atoms with Crippen molar-refractivity contribution in [2.24, 2.45) is 11.8 Å². The van der Waals surface area contributed by atoms with E-state index in [1.165, 1.54) is 0 Å². The Morgan fingerprint density at radius 2 is 1.55 bits per heavy atom. The van der Waals surface area contributed by atoms with Crippen molar-refractivity contribution < 1.29 is 19.2 Å². The Kier molecular flexibility index (Phi) is 8.89. The largest absolute Gasteiger partial charge is 0.353 e. The van der Waals surface area contributed by atoms with E-state index in [1.54, 1.807) is 20.8 Å². The molecule has 0 radical (unpaired) electrons. The van der Waals surface area contributed by atoms with Gasteiger partial charge in [-0.1, -0.05) is 33.1 Å². The number of nitrogens with one attached hydrogen (secondary N) is 4. The van der Waals surface area contributed by atoms with Crippen molar-refractivity contribution in [3.8, 4) is 0 Å². The first-order chi connectivity index (χ1) is 14.5. The van der Waals surface area contributed by atoms with Crippen LogP contribution in [0.2, 0.25) is 0 Å². The number of carbonyl (C=O) groups excluding carboxylic acids is 4. The number of amides is 4. The fraction of sp³-hybridized carbons (Fsp3) is 0.826. The molecule has 2 aliphatic rings. The zero-order chi connectivity index (χ0) is 23.2. The van der Waals surface area contributed by atoms with Crippen LogP contribution in [0.25, 0.3) is 0 Å². The Bertz CT molecular complexity index is 670. The van der Waals surface area contributed by atoms with Crippen molar-refractivity contribution in [3.63, 3.8) is 0 Å². The summed E-state index contributed by atoms with van der Waals surface area (Å²) in [6.07, 6.45) is 5.81. The van der Waals surface area contributed by atoms with Gasteiger partial charge in [-0.25, -0.2) is 0 Å². The van der Waals surface area contributed by atoms with E-state index in [4.69, 9.17) is 0 Å². The predicted molar refractivity (Wildman–Crippen MR) is 119 cm³/mol. The second-order valence-corrected chi connectivity index (χ2v) is 10.2. The summed E-state index contributed by atoms with van der Waals surface area (Å²) >= 11 is 0. The molecule has 0 unspecified atom stereocenters. The smallest absolute Gasteiger partial charge is 0.245 e. The molecule has 0 aromatic rings. The van der Waals surface area contributed by atoms with Crippen molar-refractivity contribution in [2.45, 2.75) is 110 Å². The Labute approximate surface area is 186 Å². The Hall–Kier alpha value is -2.12. The third kappa shape index (κ3) is 7.82. The van der Waals surface area contributed by atoms with Crippen LogP contribution < -0.4 is 21.3 Å². The molecule has 0 aromatic carbocycles. The number of hydrogen-bond donors (Lipinski definition) is 4. The lowest BCUT2D eigenvalue weighted by Gasteiger charge is -2.34. The van der Waals surface area contributed by atoms with E-state index in [2.05, 4.69) is 21.3 Å². The second kappa shape index (κ2) is 11.0. The van der Waals surface area contributed by atoms with E-state index >= 15 is 0 Å². The van der Waals surface area contributed by atoms with E-state index in [0.717, 1.165) is 32.1 Å². The van der Waals surface area contributed by atoms with Crippen molar-refractivity contribution >= 4 is 23.6 Å². The van der Waals surface area contributed by atoms with Gasteiger partial charge in [0.15, 0.2) is 0 Å². The molecule has 1 aliphatic heterocycles. The molecule has 8 heteroatoms. The van der Waals surface area contributed by atoms with Crippen molar-refractivity contribution in [1.29, 1.82) is 0 Å².